The number of hydrogen-bond acceptors (Lipinski definition) is 6. The van der Waals surface area contributed by atoms with Gasteiger partial charge in [0.1, 0.15) is 23.0 Å². The van der Waals surface area contributed by atoms with Crippen molar-refractivity contribution in [2.24, 2.45) is 0 Å². The minimum Gasteiger partial charge on any atom is -0.452 e. The molecule has 0 aliphatic heterocycles. The number of carbonyl (C=O) groups is 2. The van der Waals surface area contributed by atoms with Crippen LogP contribution < -0.4 is 5.32 Å². The molecule has 8 heteroatoms. The molecule has 2 heterocycles. The maximum Gasteiger partial charge on any atom is 0.343 e. The van der Waals surface area contributed by atoms with E-state index in [1.807, 2.05) is 12.1 Å². The van der Waals surface area contributed by atoms with Gasteiger partial charge in [-0.15, -0.1) is 0 Å². The van der Waals surface area contributed by atoms with Crippen LogP contribution in [-0.2, 0) is 9.53 Å². The first kappa shape index (κ1) is 18.5. The van der Waals surface area contributed by atoms with Crippen LogP contribution in [0, 0.1) is 29.6 Å². The Bertz CT molecular complexity index is 1110. The zero-order valence-corrected chi connectivity index (χ0v) is 14.8. The monoisotopic (exact) mass is 374 g/mol. The van der Waals surface area contributed by atoms with Crippen molar-refractivity contribution in [3.63, 3.8) is 0 Å². The van der Waals surface area contributed by atoms with Gasteiger partial charge in [-0.2, -0.15) is 10.5 Å². The van der Waals surface area contributed by atoms with Crippen LogP contribution in [0.1, 0.15) is 27.2 Å². The number of benzene rings is 1. The van der Waals surface area contributed by atoms with E-state index in [0.717, 1.165) is 0 Å². The van der Waals surface area contributed by atoms with E-state index in [0.29, 0.717) is 11.3 Å². The molecule has 8 nitrogen and oxygen atoms in total. The molecule has 3 aromatic rings. The van der Waals surface area contributed by atoms with E-state index < -0.39 is 18.5 Å². The highest BCUT2D eigenvalue weighted by Gasteiger charge is 2.26. The molecule has 0 bridgehead atoms. The summed E-state index contributed by atoms with van der Waals surface area (Å²) in [6.07, 6.45) is 3.36. The predicted octanol–water partition coefficient (Wildman–Crippen LogP) is 2.92. The minimum atomic E-state index is -0.836. The molecule has 0 spiro atoms. The number of carbonyl (C=O) groups excluding carboxylic acids is 2. The van der Waals surface area contributed by atoms with E-state index in [4.69, 9.17) is 14.4 Å². The van der Waals surface area contributed by atoms with Crippen LogP contribution in [0.4, 0.5) is 5.69 Å². The summed E-state index contributed by atoms with van der Waals surface area (Å²) in [6.45, 7) is 0.988. The van der Waals surface area contributed by atoms with Gasteiger partial charge in [-0.25, -0.2) is 4.79 Å². The second-order valence-electron chi connectivity index (χ2n) is 5.73. The first-order valence-corrected chi connectivity index (χ1v) is 8.17. The fraction of sp³-hybridized carbons (Fsp3) is 0.100. The minimum absolute atomic E-state index is 0.0227. The van der Waals surface area contributed by atoms with Gasteiger partial charge >= 0.3 is 5.97 Å². The van der Waals surface area contributed by atoms with E-state index in [2.05, 4.69) is 5.32 Å². The second-order valence-corrected chi connectivity index (χ2v) is 5.73. The molecule has 0 aliphatic rings. The third-order valence-corrected chi connectivity index (χ3v) is 3.83. The largest absolute Gasteiger partial charge is 0.452 e. The van der Waals surface area contributed by atoms with Crippen LogP contribution in [0.15, 0.2) is 53.2 Å². The average Bonchev–Trinajstić information content (AvgIpc) is 3.33. The Morgan fingerprint density at radius 1 is 1.18 bits per heavy atom. The molecular formula is C20H14N4O4. The number of rotatable bonds is 5. The molecule has 28 heavy (non-hydrogen) atoms. The van der Waals surface area contributed by atoms with Crippen molar-refractivity contribution in [3.8, 4) is 18.0 Å². The van der Waals surface area contributed by atoms with Crippen molar-refractivity contribution in [3.05, 3.63) is 71.2 Å². The van der Waals surface area contributed by atoms with E-state index in [1.165, 1.54) is 13.0 Å². The lowest BCUT2D eigenvalue weighted by Crippen LogP contribution is -2.21. The topological polar surface area (TPSA) is 121 Å². The molecule has 0 saturated carbocycles. The number of aromatic nitrogens is 1. The van der Waals surface area contributed by atoms with Crippen LogP contribution >= 0.6 is 0 Å². The molecule has 3 rings (SSSR count). The number of nitrogens with one attached hydrogen (secondary N) is 1. The van der Waals surface area contributed by atoms with E-state index >= 15 is 0 Å². The highest BCUT2D eigenvalue weighted by Crippen LogP contribution is 2.26. The molecule has 138 valence electrons. The Balaban J connectivity index is 1.71. The first-order valence-electron chi connectivity index (χ1n) is 8.17. The molecule has 2 aromatic heterocycles. The van der Waals surface area contributed by atoms with Crippen LogP contribution in [0.5, 0.6) is 0 Å². The van der Waals surface area contributed by atoms with Gasteiger partial charge in [-0.3, -0.25) is 9.36 Å². The lowest BCUT2D eigenvalue weighted by molar-refractivity contribution is -0.119. The molecule has 0 unspecified atom stereocenters. The summed E-state index contributed by atoms with van der Waals surface area (Å²) in [4.78, 5) is 24.4. The van der Waals surface area contributed by atoms with E-state index in [9.17, 15) is 14.9 Å². The Labute approximate surface area is 160 Å². The molecular weight excluding hydrogens is 360 g/mol. The second kappa shape index (κ2) is 7.94. The Morgan fingerprint density at radius 2 is 1.93 bits per heavy atom. The van der Waals surface area contributed by atoms with Gasteiger partial charge in [0.2, 0.25) is 5.88 Å². The molecule has 1 amide bonds. The standard InChI is InChI=1S/C20H14N4O4/c1-13-18(16(11-22)19(28-13)24-7-2-3-8-24)20(26)27-12-17(25)23-15-6-4-5-14(9-15)10-21/h2-9H,12H2,1H3,(H,23,25). The van der Waals surface area contributed by atoms with Crippen molar-refractivity contribution in [2.45, 2.75) is 6.92 Å². The number of amides is 1. The summed E-state index contributed by atoms with van der Waals surface area (Å²) in [7, 11) is 0. The lowest BCUT2D eigenvalue weighted by atomic mass is 10.1. The summed E-state index contributed by atoms with van der Waals surface area (Å²) in [5.41, 5.74) is 0.804. The lowest BCUT2D eigenvalue weighted by Gasteiger charge is -2.06. The Morgan fingerprint density at radius 3 is 2.61 bits per heavy atom. The highest BCUT2D eigenvalue weighted by atomic mass is 16.5. The van der Waals surface area contributed by atoms with Crippen LogP contribution in [0.2, 0.25) is 0 Å². The number of aryl methyl sites for hydroxylation is 1. The third kappa shape index (κ3) is 3.76. The van der Waals surface area contributed by atoms with Crippen LogP contribution in [0.25, 0.3) is 5.88 Å². The summed E-state index contributed by atoms with van der Waals surface area (Å²) >= 11 is 0. The fourth-order valence-electron chi connectivity index (χ4n) is 2.60. The molecule has 1 aromatic carbocycles. The number of hydrogen-bond donors (Lipinski definition) is 1. The number of esters is 1. The van der Waals surface area contributed by atoms with Crippen molar-refractivity contribution in [1.82, 2.24) is 4.57 Å². The maximum absolute atomic E-state index is 12.4. The maximum atomic E-state index is 12.4. The smallest absolute Gasteiger partial charge is 0.343 e. The SMILES string of the molecule is Cc1oc(-n2cccc2)c(C#N)c1C(=O)OCC(=O)Nc1cccc(C#N)c1. The van der Waals surface area contributed by atoms with Crippen molar-refractivity contribution in [2.75, 3.05) is 11.9 Å². The van der Waals surface area contributed by atoms with Gasteiger partial charge in [0.05, 0.1) is 11.6 Å². The number of furan rings is 1. The zero-order chi connectivity index (χ0) is 20.1. The van der Waals surface area contributed by atoms with E-state index in [1.54, 1.807) is 47.3 Å². The quantitative estimate of drug-likeness (QED) is 0.685. The van der Waals surface area contributed by atoms with Crippen LogP contribution in [-0.4, -0.2) is 23.1 Å². The molecule has 0 fully saturated rings. The van der Waals surface area contributed by atoms with Crippen molar-refractivity contribution in [1.29, 1.82) is 10.5 Å². The van der Waals surface area contributed by atoms with Gasteiger partial charge in [0, 0.05) is 18.1 Å². The van der Waals surface area contributed by atoms with Gasteiger partial charge in [-0.05, 0) is 37.3 Å². The molecule has 0 aliphatic carbocycles. The third-order valence-electron chi connectivity index (χ3n) is 3.83. The van der Waals surface area contributed by atoms with Crippen LogP contribution in [0.3, 0.4) is 0 Å². The normalized spacial score (nSPS) is 9.96. The average molecular weight is 374 g/mol. The Kier molecular flexibility index (Phi) is 5.24. The van der Waals surface area contributed by atoms with Crippen molar-refractivity contribution >= 4 is 17.6 Å². The number of ether oxygens (including phenoxy) is 1. The van der Waals surface area contributed by atoms with Crippen molar-refractivity contribution < 1.29 is 18.7 Å². The number of nitriles is 2. The summed E-state index contributed by atoms with van der Waals surface area (Å²) < 4.78 is 12.1. The Hall–Kier alpha value is -4.30. The summed E-state index contributed by atoms with van der Waals surface area (Å²) in [5.74, 6) is -0.993. The number of nitrogens with zero attached hydrogens (tertiary/aromatic N) is 3. The molecule has 0 radical (unpaired) electrons. The first-order chi connectivity index (χ1) is 13.5. The summed E-state index contributed by atoms with van der Waals surface area (Å²) in [5, 5.41) is 20.9. The van der Waals surface area contributed by atoms with E-state index in [-0.39, 0.29) is 22.8 Å². The van der Waals surface area contributed by atoms with Gasteiger partial charge in [-0.1, -0.05) is 6.07 Å². The fourth-order valence-corrected chi connectivity index (χ4v) is 2.60. The molecule has 0 atom stereocenters. The predicted molar refractivity (Wildman–Crippen MR) is 97.6 cm³/mol. The van der Waals surface area contributed by atoms with Gasteiger partial charge < -0.3 is 14.5 Å². The van der Waals surface area contributed by atoms with Gasteiger partial charge in [0.25, 0.3) is 5.91 Å². The highest BCUT2D eigenvalue weighted by molar-refractivity contribution is 5.97. The summed E-state index contributed by atoms with van der Waals surface area (Å²) in [6, 6.07) is 13.7. The molecule has 1 N–H and O–H groups in total. The number of anilines is 1. The molecule has 0 saturated heterocycles. The zero-order valence-electron chi connectivity index (χ0n) is 14.8. The van der Waals surface area contributed by atoms with Gasteiger partial charge in [0.15, 0.2) is 6.61 Å².